The van der Waals surface area contributed by atoms with Gasteiger partial charge in [0.15, 0.2) is 0 Å². The van der Waals surface area contributed by atoms with Crippen molar-refractivity contribution < 1.29 is 19.4 Å². The topological polar surface area (TPSA) is 66.8 Å². The van der Waals surface area contributed by atoms with E-state index >= 15 is 0 Å². The van der Waals surface area contributed by atoms with Gasteiger partial charge >= 0.3 is 5.97 Å². The Morgan fingerprint density at radius 1 is 1.44 bits per heavy atom. The molecule has 1 atom stereocenters. The van der Waals surface area contributed by atoms with Crippen LogP contribution in [0.25, 0.3) is 0 Å². The lowest BCUT2D eigenvalue weighted by atomic mass is 10.2. The van der Waals surface area contributed by atoms with Crippen LogP contribution in [0.4, 0.5) is 0 Å². The van der Waals surface area contributed by atoms with Gasteiger partial charge in [0.1, 0.15) is 6.54 Å². The lowest BCUT2D eigenvalue weighted by molar-refractivity contribution is -0.147. The van der Waals surface area contributed by atoms with Crippen LogP contribution in [-0.2, 0) is 14.3 Å². The largest absolute Gasteiger partial charge is 0.468 e. The lowest BCUT2D eigenvalue weighted by Crippen LogP contribution is -2.37. The summed E-state index contributed by atoms with van der Waals surface area (Å²) in [7, 11) is 1.30. The number of carbonyl (C=O) groups is 2. The fourth-order valence-electron chi connectivity index (χ4n) is 1.27. The smallest absolute Gasteiger partial charge is 0.325 e. The van der Waals surface area contributed by atoms with E-state index in [1.807, 2.05) is 6.92 Å². The Hall–Kier alpha value is -1.10. The van der Waals surface area contributed by atoms with E-state index in [1.54, 1.807) is 6.92 Å². The number of hydrogen-bond donors (Lipinski definition) is 1. The molecule has 0 aromatic carbocycles. The van der Waals surface area contributed by atoms with Gasteiger partial charge in [-0.25, -0.2) is 0 Å². The minimum atomic E-state index is -0.495. The van der Waals surface area contributed by atoms with Crippen LogP contribution in [0.3, 0.4) is 0 Å². The summed E-state index contributed by atoms with van der Waals surface area (Å²) in [6, 6.07) is 0. The van der Waals surface area contributed by atoms with E-state index in [-0.39, 0.29) is 18.9 Å². The zero-order valence-electron chi connectivity index (χ0n) is 10.2. The normalized spacial score (nSPS) is 12.0. The number of esters is 1. The molecule has 0 fully saturated rings. The summed E-state index contributed by atoms with van der Waals surface area (Å²) >= 11 is 0. The van der Waals surface area contributed by atoms with Crippen LogP contribution in [0.15, 0.2) is 0 Å². The van der Waals surface area contributed by atoms with E-state index in [9.17, 15) is 9.59 Å². The summed E-state index contributed by atoms with van der Waals surface area (Å²) in [4.78, 5) is 24.2. The van der Waals surface area contributed by atoms with E-state index < -0.39 is 12.1 Å². The third kappa shape index (κ3) is 6.40. The lowest BCUT2D eigenvalue weighted by Gasteiger charge is -2.21. The van der Waals surface area contributed by atoms with E-state index in [0.29, 0.717) is 13.0 Å². The summed E-state index contributed by atoms with van der Waals surface area (Å²) in [5.74, 6) is -0.535. The molecule has 0 aromatic rings. The first kappa shape index (κ1) is 14.9. The van der Waals surface area contributed by atoms with Gasteiger partial charge in [0.05, 0.1) is 13.2 Å². The van der Waals surface area contributed by atoms with Crippen LogP contribution in [0.5, 0.6) is 0 Å². The molecule has 0 aromatic heterocycles. The molecule has 0 heterocycles. The highest BCUT2D eigenvalue weighted by Crippen LogP contribution is 2.02. The van der Waals surface area contributed by atoms with Crippen molar-refractivity contribution in [1.29, 1.82) is 0 Å². The SMILES string of the molecule is CCCN(CC(=O)OC)C(=O)CCC(C)O. The van der Waals surface area contributed by atoms with Crippen LogP contribution in [-0.4, -0.2) is 48.2 Å². The van der Waals surface area contributed by atoms with Gasteiger partial charge in [0, 0.05) is 13.0 Å². The van der Waals surface area contributed by atoms with E-state index in [4.69, 9.17) is 5.11 Å². The minimum absolute atomic E-state index is 0.0109. The van der Waals surface area contributed by atoms with E-state index in [1.165, 1.54) is 12.0 Å². The highest BCUT2D eigenvalue weighted by atomic mass is 16.5. The van der Waals surface area contributed by atoms with Crippen LogP contribution in [0.2, 0.25) is 0 Å². The molecule has 0 spiro atoms. The summed E-state index contributed by atoms with van der Waals surface area (Å²) < 4.78 is 4.52. The third-order valence-corrected chi connectivity index (χ3v) is 2.17. The molecule has 0 bridgehead atoms. The molecule has 0 saturated heterocycles. The molecular weight excluding hydrogens is 210 g/mol. The molecule has 0 aliphatic heterocycles. The van der Waals surface area contributed by atoms with Gasteiger partial charge in [-0.05, 0) is 19.8 Å². The van der Waals surface area contributed by atoms with Gasteiger partial charge in [0.2, 0.25) is 5.91 Å². The Morgan fingerprint density at radius 3 is 2.50 bits per heavy atom. The van der Waals surface area contributed by atoms with Crippen molar-refractivity contribution in [1.82, 2.24) is 4.90 Å². The third-order valence-electron chi connectivity index (χ3n) is 2.17. The fourth-order valence-corrected chi connectivity index (χ4v) is 1.27. The molecule has 0 aliphatic rings. The molecule has 1 unspecified atom stereocenters. The molecule has 0 rings (SSSR count). The quantitative estimate of drug-likeness (QED) is 0.650. The average Bonchev–Trinajstić information content (AvgIpc) is 2.24. The molecular formula is C11H21NO4. The van der Waals surface area contributed by atoms with Gasteiger partial charge in [-0.1, -0.05) is 6.92 Å². The number of aliphatic hydroxyl groups is 1. The maximum Gasteiger partial charge on any atom is 0.325 e. The second-order valence-electron chi connectivity index (χ2n) is 3.78. The summed E-state index contributed by atoms with van der Waals surface area (Å²) in [6.07, 6.45) is 0.970. The Kier molecular flexibility index (Phi) is 7.54. The van der Waals surface area contributed by atoms with Gasteiger partial charge in [-0.3, -0.25) is 9.59 Å². The van der Waals surface area contributed by atoms with Crippen LogP contribution >= 0.6 is 0 Å². The monoisotopic (exact) mass is 231 g/mol. The molecule has 0 saturated carbocycles. The van der Waals surface area contributed by atoms with Gasteiger partial charge < -0.3 is 14.7 Å². The van der Waals surface area contributed by atoms with Crippen LogP contribution in [0, 0.1) is 0 Å². The maximum absolute atomic E-state index is 11.7. The Balaban J connectivity index is 4.17. The van der Waals surface area contributed by atoms with Crippen molar-refractivity contribution >= 4 is 11.9 Å². The molecule has 1 N–H and O–H groups in total. The summed E-state index contributed by atoms with van der Waals surface area (Å²) in [5, 5.41) is 9.08. The predicted octanol–water partition coefficient (Wildman–Crippen LogP) is 0.559. The first-order valence-electron chi connectivity index (χ1n) is 5.53. The van der Waals surface area contributed by atoms with Crippen LogP contribution in [0.1, 0.15) is 33.1 Å². The second kappa shape index (κ2) is 8.10. The Labute approximate surface area is 96.4 Å². The first-order chi connectivity index (χ1) is 7.51. The number of carbonyl (C=O) groups excluding carboxylic acids is 2. The Bertz CT molecular complexity index is 228. The van der Waals surface area contributed by atoms with Gasteiger partial charge in [-0.2, -0.15) is 0 Å². The molecule has 1 amide bonds. The zero-order chi connectivity index (χ0) is 12.6. The van der Waals surface area contributed by atoms with Crippen LogP contribution < -0.4 is 0 Å². The second-order valence-corrected chi connectivity index (χ2v) is 3.78. The van der Waals surface area contributed by atoms with Crippen molar-refractivity contribution in [2.45, 2.75) is 39.2 Å². The number of ether oxygens (including phenoxy) is 1. The number of amides is 1. The zero-order valence-corrected chi connectivity index (χ0v) is 10.2. The van der Waals surface area contributed by atoms with Gasteiger partial charge in [0.25, 0.3) is 0 Å². The molecule has 16 heavy (non-hydrogen) atoms. The molecule has 0 radical (unpaired) electrons. The number of aliphatic hydroxyl groups excluding tert-OH is 1. The standard InChI is InChI=1S/C11H21NO4/c1-4-7-12(8-11(15)16-3)10(14)6-5-9(2)13/h9,13H,4-8H2,1-3H3. The number of methoxy groups -OCH3 is 1. The molecule has 94 valence electrons. The van der Waals surface area contributed by atoms with Crippen molar-refractivity contribution in [3.63, 3.8) is 0 Å². The van der Waals surface area contributed by atoms with Crippen molar-refractivity contribution in [2.75, 3.05) is 20.2 Å². The first-order valence-corrected chi connectivity index (χ1v) is 5.53. The number of rotatable bonds is 7. The van der Waals surface area contributed by atoms with Crippen molar-refractivity contribution in [3.05, 3.63) is 0 Å². The predicted molar refractivity (Wildman–Crippen MR) is 59.8 cm³/mol. The highest BCUT2D eigenvalue weighted by molar-refractivity contribution is 5.82. The van der Waals surface area contributed by atoms with Crippen molar-refractivity contribution in [2.24, 2.45) is 0 Å². The number of nitrogens with zero attached hydrogens (tertiary/aromatic N) is 1. The molecule has 0 aliphatic carbocycles. The van der Waals surface area contributed by atoms with Gasteiger partial charge in [-0.15, -0.1) is 0 Å². The van der Waals surface area contributed by atoms with Crippen molar-refractivity contribution in [3.8, 4) is 0 Å². The summed E-state index contributed by atoms with van der Waals surface area (Å²) in [5.41, 5.74) is 0. The maximum atomic E-state index is 11.7. The highest BCUT2D eigenvalue weighted by Gasteiger charge is 2.16. The Morgan fingerprint density at radius 2 is 2.06 bits per heavy atom. The average molecular weight is 231 g/mol. The number of hydrogen-bond acceptors (Lipinski definition) is 4. The fraction of sp³-hybridized carbons (Fsp3) is 0.818. The van der Waals surface area contributed by atoms with E-state index in [0.717, 1.165) is 6.42 Å². The molecule has 5 nitrogen and oxygen atoms in total. The molecule has 5 heteroatoms. The summed E-state index contributed by atoms with van der Waals surface area (Å²) in [6.45, 7) is 4.10. The minimum Gasteiger partial charge on any atom is -0.468 e. The van der Waals surface area contributed by atoms with E-state index in [2.05, 4.69) is 4.74 Å².